The highest BCUT2D eigenvalue weighted by Gasteiger charge is 2.20. The SMILES string of the molecule is COc1ccccc1NC(C(=O)O)c1ccc(Br)cc1. The van der Waals surface area contributed by atoms with E-state index in [1.54, 1.807) is 31.4 Å². The van der Waals surface area contributed by atoms with E-state index in [-0.39, 0.29) is 0 Å². The van der Waals surface area contributed by atoms with Crippen LogP contribution < -0.4 is 10.1 Å². The molecule has 0 bridgehead atoms. The second-order valence-corrected chi connectivity index (χ2v) is 5.08. The standard InChI is InChI=1S/C15H14BrNO3/c1-20-13-5-3-2-4-12(13)17-14(15(18)19)10-6-8-11(16)9-7-10/h2-9,14,17H,1H3,(H,18,19). The fraction of sp³-hybridized carbons (Fsp3) is 0.133. The van der Waals surface area contributed by atoms with Gasteiger partial charge in [-0.1, -0.05) is 40.2 Å². The number of hydrogen-bond donors (Lipinski definition) is 2. The third-order valence-corrected chi connectivity index (χ3v) is 3.39. The van der Waals surface area contributed by atoms with Crippen LogP contribution in [-0.2, 0) is 4.79 Å². The molecule has 0 aliphatic rings. The summed E-state index contributed by atoms with van der Waals surface area (Å²) in [4.78, 5) is 11.5. The van der Waals surface area contributed by atoms with Gasteiger partial charge in [-0.2, -0.15) is 0 Å². The van der Waals surface area contributed by atoms with Crippen LogP contribution in [0.1, 0.15) is 11.6 Å². The van der Waals surface area contributed by atoms with Crippen molar-refractivity contribution >= 4 is 27.6 Å². The fourth-order valence-corrected chi connectivity index (χ4v) is 2.13. The van der Waals surface area contributed by atoms with Crippen molar-refractivity contribution in [1.29, 1.82) is 0 Å². The predicted octanol–water partition coefficient (Wildman–Crippen LogP) is 3.70. The summed E-state index contributed by atoms with van der Waals surface area (Å²) in [5, 5.41) is 12.4. The number of anilines is 1. The molecule has 0 aliphatic heterocycles. The Morgan fingerprint density at radius 1 is 1.20 bits per heavy atom. The van der Waals surface area contributed by atoms with Crippen LogP contribution in [0.4, 0.5) is 5.69 Å². The van der Waals surface area contributed by atoms with Crippen molar-refractivity contribution < 1.29 is 14.6 Å². The smallest absolute Gasteiger partial charge is 0.330 e. The first-order valence-electron chi connectivity index (χ1n) is 5.99. The lowest BCUT2D eigenvalue weighted by Crippen LogP contribution is -2.20. The first kappa shape index (κ1) is 14.4. The third kappa shape index (κ3) is 3.30. The highest BCUT2D eigenvalue weighted by Crippen LogP contribution is 2.28. The molecule has 0 heterocycles. The fourth-order valence-electron chi connectivity index (χ4n) is 1.86. The first-order chi connectivity index (χ1) is 9.61. The molecule has 0 radical (unpaired) electrons. The monoisotopic (exact) mass is 335 g/mol. The van der Waals surface area contributed by atoms with Crippen LogP contribution >= 0.6 is 15.9 Å². The maximum Gasteiger partial charge on any atom is 0.330 e. The predicted molar refractivity (Wildman–Crippen MR) is 81.1 cm³/mol. The Hall–Kier alpha value is -2.01. The van der Waals surface area contributed by atoms with Gasteiger partial charge in [-0.25, -0.2) is 4.79 Å². The molecule has 2 N–H and O–H groups in total. The van der Waals surface area contributed by atoms with Crippen LogP contribution in [-0.4, -0.2) is 18.2 Å². The Balaban J connectivity index is 2.30. The minimum atomic E-state index is -0.946. The van der Waals surface area contributed by atoms with E-state index in [0.29, 0.717) is 17.0 Å². The normalized spacial score (nSPS) is 11.7. The van der Waals surface area contributed by atoms with Gasteiger partial charge in [0.1, 0.15) is 5.75 Å². The Morgan fingerprint density at radius 3 is 2.45 bits per heavy atom. The summed E-state index contributed by atoms with van der Waals surface area (Å²) in [5.41, 5.74) is 1.32. The van der Waals surface area contributed by atoms with Gasteiger partial charge in [0.05, 0.1) is 12.8 Å². The molecule has 0 amide bonds. The number of aliphatic carboxylic acids is 1. The molecule has 20 heavy (non-hydrogen) atoms. The Labute approximate surface area is 125 Å². The van der Waals surface area contributed by atoms with E-state index < -0.39 is 12.0 Å². The van der Waals surface area contributed by atoms with Crippen molar-refractivity contribution in [1.82, 2.24) is 0 Å². The molecule has 104 valence electrons. The summed E-state index contributed by atoms with van der Waals surface area (Å²) < 4.78 is 6.12. The highest BCUT2D eigenvalue weighted by atomic mass is 79.9. The van der Waals surface area contributed by atoms with E-state index in [1.165, 1.54) is 0 Å². The van der Waals surface area contributed by atoms with Gasteiger partial charge in [0.2, 0.25) is 0 Å². The van der Waals surface area contributed by atoms with Crippen LogP contribution in [0, 0.1) is 0 Å². The van der Waals surface area contributed by atoms with Crippen molar-refractivity contribution in [2.45, 2.75) is 6.04 Å². The van der Waals surface area contributed by atoms with Gasteiger partial charge in [0.15, 0.2) is 6.04 Å². The maximum atomic E-state index is 11.5. The van der Waals surface area contributed by atoms with Gasteiger partial charge < -0.3 is 15.2 Å². The van der Waals surface area contributed by atoms with Gasteiger partial charge in [0.25, 0.3) is 0 Å². The molecule has 2 rings (SSSR count). The lowest BCUT2D eigenvalue weighted by atomic mass is 10.1. The summed E-state index contributed by atoms with van der Waals surface area (Å²) in [5.74, 6) is -0.339. The number of carboxylic acids is 1. The van der Waals surface area contributed by atoms with E-state index in [0.717, 1.165) is 4.47 Å². The number of ether oxygens (including phenoxy) is 1. The molecular formula is C15H14BrNO3. The number of benzene rings is 2. The molecule has 0 aliphatic carbocycles. The van der Waals surface area contributed by atoms with Crippen molar-refractivity contribution in [3.63, 3.8) is 0 Å². The number of halogens is 1. The van der Waals surface area contributed by atoms with Gasteiger partial charge in [-0.15, -0.1) is 0 Å². The van der Waals surface area contributed by atoms with Crippen molar-refractivity contribution in [2.75, 3.05) is 12.4 Å². The molecule has 0 fully saturated rings. The number of nitrogens with one attached hydrogen (secondary N) is 1. The Bertz CT molecular complexity index is 598. The second-order valence-electron chi connectivity index (χ2n) is 4.17. The van der Waals surface area contributed by atoms with Crippen LogP contribution in [0.3, 0.4) is 0 Å². The number of methoxy groups -OCH3 is 1. The Morgan fingerprint density at radius 2 is 1.85 bits per heavy atom. The molecular weight excluding hydrogens is 322 g/mol. The third-order valence-electron chi connectivity index (χ3n) is 2.86. The molecule has 0 aromatic heterocycles. The van der Waals surface area contributed by atoms with Crippen LogP contribution in [0.2, 0.25) is 0 Å². The summed E-state index contributed by atoms with van der Waals surface area (Å²) in [6, 6.07) is 13.6. The molecule has 1 atom stereocenters. The van der Waals surface area contributed by atoms with Crippen LogP contribution in [0.15, 0.2) is 53.0 Å². The molecule has 0 saturated heterocycles. The van der Waals surface area contributed by atoms with E-state index in [1.807, 2.05) is 24.3 Å². The number of hydrogen-bond acceptors (Lipinski definition) is 3. The molecule has 2 aromatic rings. The zero-order valence-electron chi connectivity index (χ0n) is 10.8. The Kier molecular flexibility index (Phi) is 4.63. The molecule has 0 spiro atoms. The average Bonchev–Trinajstić information content (AvgIpc) is 2.46. The summed E-state index contributed by atoms with van der Waals surface area (Å²) >= 11 is 3.33. The molecule has 2 aromatic carbocycles. The lowest BCUT2D eigenvalue weighted by Gasteiger charge is -2.18. The van der Waals surface area contributed by atoms with E-state index >= 15 is 0 Å². The quantitative estimate of drug-likeness (QED) is 0.874. The molecule has 1 unspecified atom stereocenters. The summed E-state index contributed by atoms with van der Waals surface area (Å²) in [6.45, 7) is 0. The topological polar surface area (TPSA) is 58.6 Å². The molecule has 4 nitrogen and oxygen atoms in total. The number of para-hydroxylation sites is 2. The van der Waals surface area contributed by atoms with E-state index in [4.69, 9.17) is 4.74 Å². The minimum Gasteiger partial charge on any atom is -0.495 e. The summed E-state index contributed by atoms with van der Waals surface area (Å²) in [6.07, 6.45) is 0. The van der Waals surface area contributed by atoms with Crippen LogP contribution in [0.25, 0.3) is 0 Å². The van der Waals surface area contributed by atoms with Crippen molar-refractivity contribution in [2.24, 2.45) is 0 Å². The van der Waals surface area contributed by atoms with Crippen molar-refractivity contribution in [3.05, 3.63) is 58.6 Å². The second kappa shape index (κ2) is 6.43. The number of rotatable bonds is 5. The number of carboxylic acid groups (broad SMARTS) is 1. The van der Waals surface area contributed by atoms with Gasteiger partial charge in [-0.05, 0) is 29.8 Å². The summed E-state index contributed by atoms with van der Waals surface area (Å²) in [7, 11) is 1.55. The van der Waals surface area contributed by atoms with Gasteiger partial charge in [-0.3, -0.25) is 0 Å². The van der Waals surface area contributed by atoms with E-state index in [9.17, 15) is 9.90 Å². The van der Waals surface area contributed by atoms with Crippen molar-refractivity contribution in [3.8, 4) is 5.75 Å². The molecule has 5 heteroatoms. The number of carbonyl (C=O) groups is 1. The molecule has 0 saturated carbocycles. The van der Waals surface area contributed by atoms with Gasteiger partial charge in [0, 0.05) is 4.47 Å². The zero-order valence-corrected chi connectivity index (χ0v) is 12.4. The zero-order chi connectivity index (χ0) is 14.5. The largest absolute Gasteiger partial charge is 0.495 e. The maximum absolute atomic E-state index is 11.5. The average molecular weight is 336 g/mol. The van der Waals surface area contributed by atoms with E-state index in [2.05, 4.69) is 21.2 Å². The van der Waals surface area contributed by atoms with Crippen LogP contribution in [0.5, 0.6) is 5.75 Å². The highest BCUT2D eigenvalue weighted by molar-refractivity contribution is 9.10. The lowest BCUT2D eigenvalue weighted by molar-refractivity contribution is -0.138. The van der Waals surface area contributed by atoms with Gasteiger partial charge >= 0.3 is 5.97 Å². The minimum absolute atomic E-state index is 0.607. The first-order valence-corrected chi connectivity index (χ1v) is 6.79.